The molecule has 2 aromatic heterocycles. The molecule has 3 rings (SSSR count). The molecule has 0 spiro atoms. The van der Waals surface area contributed by atoms with Gasteiger partial charge in [-0.1, -0.05) is 17.3 Å². The first-order valence-electron chi connectivity index (χ1n) is 6.86. The van der Waals surface area contributed by atoms with Gasteiger partial charge in [0, 0.05) is 11.6 Å². The molecule has 0 saturated heterocycles. The molecule has 0 bridgehead atoms. The van der Waals surface area contributed by atoms with Crippen molar-refractivity contribution in [1.82, 2.24) is 25.0 Å². The van der Waals surface area contributed by atoms with Crippen molar-refractivity contribution >= 4 is 16.7 Å². The first-order chi connectivity index (χ1) is 10.3. The Morgan fingerprint density at radius 2 is 2.00 bits per heavy atom. The van der Waals surface area contributed by atoms with Gasteiger partial charge in [-0.25, -0.2) is 14.6 Å². The maximum absolute atomic E-state index is 5.97. The highest BCUT2D eigenvalue weighted by Gasteiger charge is 2.07. The second-order valence-corrected chi connectivity index (χ2v) is 4.84. The van der Waals surface area contributed by atoms with Gasteiger partial charge in [0.2, 0.25) is 0 Å². The summed E-state index contributed by atoms with van der Waals surface area (Å²) in [6.07, 6.45) is 3.62. The van der Waals surface area contributed by atoms with Crippen LogP contribution < -0.4 is 11.5 Å². The highest BCUT2D eigenvalue weighted by atomic mass is 15.4. The fourth-order valence-corrected chi connectivity index (χ4v) is 2.18. The zero-order valence-corrected chi connectivity index (χ0v) is 11.6. The number of fused-ring (bicyclic) bond motifs is 1. The summed E-state index contributed by atoms with van der Waals surface area (Å²) in [4.78, 5) is 8.83. The Hall–Kier alpha value is -2.54. The van der Waals surface area contributed by atoms with E-state index < -0.39 is 0 Å². The molecule has 0 unspecified atom stereocenters. The number of para-hydroxylation sites is 1. The number of nitrogens with zero attached hydrogens (tertiary/aromatic N) is 5. The van der Waals surface area contributed by atoms with Gasteiger partial charge in [-0.2, -0.15) is 0 Å². The third-order valence-corrected chi connectivity index (χ3v) is 3.21. The van der Waals surface area contributed by atoms with Crippen LogP contribution in [0.4, 0.5) is 5.82 Å². The molecular formula is C14H17N7. The molecule has 3 aromatic rings. The van der Waals surface area contributed by atoms with Crippen LogP contribution in [-0.2, 0) is 13.0 Å². The molecule has 0 aliphatic carbocycles. The van der Waals surface area contributed by atoms with Crippen LogP contribution in [0.3, 0.4) is 0 Å². The zero-order chi connectivity index (χ0) is 14.7. The van der Waals surface area contributed by atoms with Gasteiger partial charge in [0.1, 0.15) is 12.4 Å². The maximum atomic E-state index is 5.97. The molecule has 21 heavy (non-hydrogen) atoms. The van der Waals surface area contributed by atoms with Crippen LogP contribution in [0, 0.1) is 0 Å². The van der Waals surface area contributed by atoms with E-state index in [2.05, 4.69) is 20.3 Å². The number of aryl methyl sites for hydroxylation is 1. The zero-order valence-electron chi connectivity index (χ0n) is 11.6. The molecule has 108 valence electrons. The van der Waals surface area contributed by atoms with Gasteiger partial charge in [0.05, 0.1) is 11.2 Å². The maximum Gasteiger partial charge on any atom is 0.152 e. The molecular weight excluding hydrogens is 266 g/mol. The van der Waals surface area contributed by atoms with E-state index >= 15 is 0 Å². The second-order valence-electron chi connectivity index (χ2n) is 4.84. The van der Waals surface area contributed by atoms with Crippen LogP contribution in [-0.4, -0.2) is 31.5 Å². The highest BCUT2D eigenvalue weighted by Crippen LogP contribution is 2.17. The van der Waals surface area contributed by atoms with Gasteiger partial charge in [0.15, 0.2) is 5.82 Å². The van der Waals surface area contributed by atoms with Crippen molar-refractivity contribution < 1.29 is 0 Å². The number of aromatic nitrogens is 5. The average Bonchev–Trinajstić information content (AvgIpc) is 2.92. The molecule has 4 N–H and O–H groups in total. The van der Waals surface area contributed by atoms with Crippen molar-refractivity contribution in [1.29, 1.82) is 0 Å². The summed E-state index contributed by atoms with van der Waals surface area (Å²) in [6, 6.07) is 7.68. The molecule has 0 aliphatic heterocycles. The van der Waals surface area contributed by atoms with Crippen molar-refractivity contribution in [2.45, 2.75) is 19.4 Å². The summed E-state index contributed by atoms with van der Waals surface area (Å²) < 4.78 is 1.72. The fourth-order valence-electron chi connectivity index (χ4n) is 2.18. The third kappa shape index (κ3) is 2.97. The van der Waals surface area contributed by atoms with Crippen LogP contribution in [0.25, 0.3) is 10.9 Å². The molecule has 0 radical (unpaired) electrons. The van der Waals surface area contributed by atoms with Crippen LogP contribution in [0.2, 0.25) is 0 Å². The minimum absolute atomic E-state index is 0.449. The predicted molar refractivity (Wildman–Crippen MR) is 80.4 cm³/mol. The quantitative estimate of drug-likeness (QED) is 0.715. The Balaban J connectivity index is 1.83. The van der Waals surface area contributed by atoms with Crippen molar-refractivity contribution in [2.75, 3.05) is 12.3 Å². The third-order valence-electron chi connectivity index (χ3n) is 3.21. The van der Waals surface area contributed by atoms with Crippen LogP contribution in [0.5, 0.6) is 0 Å². The van der Waals surface area contributed by atoms with Crippen molar-refractivity contribution in [3.05, 3.63) is 42.0 Å². The first kappa shape index (κ1) is 13.4. The number of hydrogen-bond donors (Lipinski definition) is 2. The van der Waals surface area contributed by atoms with Gasteiger partial charge in [-0.3, -0.25) is 0 Å². The number of anilines is 1. The van der Waals surface area contributed by atoms with E-state index in [-0.39, 0.29) is 0 Å². The smallest absolute Gasteiger partial charge is 0.152 e. The van der Waals surface area contributed by atoms with E-state index in [4.69, 9.17) is 11.5 Å². The molecule has 7 heteroatoms. The normalized spacial score (nSPS) is 11.1. The Bertz CT molecular complexity index is 750. The summed E-state index contributed by atoms with van der Waals surface area (Å²) in [5, 5.41) is 9.05. The molecule has 1 aromatic carbocycles. The summed E-state index contributed by atoms with van der Waals surface area (Å²) >= 11 is 0. The predicted octanol–water partition coefficient (Wildman–Crippen LogP) is 0.743. The molecule has 0 saturated carbocycles. The van der Waals surface area contributed by atoms with E-state index in [0.29, 0.717) is 24.7 Å². The van der Waals surface area contributed by atoms with Crippen LogP contribution in [0.15, 0.2) is 30.5 Å². The number of hydrogen-bond acceptors (Lipinski definition) is 6. The minimum atomic E-state index is 0.449. The summed E-state index contributed by atoms with van der Waals surface area (Å²) in [5.41, 5.74) is 13.2. The topological polar surface area (TPSA) is 109 Å². The molecule has 2 heterocycles. The lowest BCUT2D eigenvalue weighted by Gasteiger charge is -2.04. The largest absolute Gasteiger partial charge is 0.383 e. The molecule has 0 fully saturated rings. The summed E-state index contributed by atoms with van der Waals surface area (Å²) in [7, 11) is 0. The van der Waals surface area contributed by atoms with Crippen molar-refractivity contribution in [3.8, 4) is 0 Å². The SMILES string of the molecule is NCCCc1cn(Cc2nc(N)c3ccccc3n2)nn1. The lowest BCUT2D eigenvalue weighted by molar-refractivity contribution is 0.627. The summed E-state index contributed by atoms with van der Waals surface area (Å²) in [5.74, 6) is 1.11. The second kappa shape index (κ2) is 5.84. The van der Waals surface area contributed by atoms with E-state index in [9.17, 15) is 0 Å². The Kier molecular flexibility index (Phi) is 3.74. The van der Waals surface area contributed by atoms with Crippen molar-refractivity contribution in [2.24, 2.45) is 5.73 Å². The van der Waals surface area contributed by atoms with Gasteiger partial charge < -0.3 is 11.5 Å². The van der Waals surface area contributed by atoms with Gasteiger partial charge in [0.25, 0.3) is 0 Å². The Morgan fingerprint density at radius 3 is 2.86 bits per heavy atom. The number of nitrogen functional groups attached to an aromatic ring is 1. The van der Waals surface area contributed by atoms with Crippen molar-refractivity contribution in [3.63, 3.8) is 0 Å². The lowest BCUT2D eigenvalue weighted by Crippen LogP contribution is -2.07. The van der Waals surface area contributed by atoms with E-state index in [1.165, 1.54) is 0 Å². The number of nitrogens with two attached hydrogens (primary N) is 2. The van der Waals surface area contributed by atoms with Crippen LogP contribution in [0.1, 0.15) is 17.9 Å². The standard InChI is InChI=1S/C14H17N7/c15-7-3-4-10-8-21(20-19-10)9-13-17-12-6-2-1-5-11(12)14(16)18-13/h1-2,5-6,8H,3-4,7,9,15H2,(H2,16,17,18). The summed E-state index contributed by atoms with van der Waals surface area (Å²) in [6.45, 7) is 1.10. The van der Waals surface area contributed by atoms with Gasteiger partial charge >= 0.3 is 0 Å². The van der Waals surface area contributed by atoms with Gasteiger partial charge in [-0.15, -0.1) is 5.10 Å². The minimum Gasteiger partial charge on any atom is -0.383 e. The Morgan fingerprint density at radius 1 is 1.14 bits per heavy atom. The Labute approximate surface area is 122 Å². The fraction of sp³-hybridized carbons (Fsp3) is 0.286. The molecule has 0 aliphatic rings. The number of rotatable bonds is 5. The van der Waals surface area contributed by atoms with E-state index in [1.54, 1.807) is 4.68 Å². The van der Waals surface area contributed by atoms with Gasteiger partial charge in [-0.05, 0) is 31.5 Å². The molecule has 0 atom stereocenters. The number of benzene rings is 1. The first-order valence-corrected chi connectivity index (χ1v) is 6.86. The highest BCUT2D eigenvalue weighted by molar-refractivity contribution is 5.87. The average molecular weight is 283 g/mol. The van der Waals surface area contributed by atoms with Crippen LogP contribution >= 0.6 is 0 Å². The molecule has 7 nitrogen and oxygen atoms in total. The molecule has 0 amide bonds. The monoisotopic (exact) mass is 283 g/mol. The van der Waals surface area contributed by atoms with E-state index in [1.807, 2.05) is 30.5 Å². The lowest BCUT2D eigenvalue weighted by atomic mass is 10.2. The van der Waals surface area contributed by atoms with E-state index in [0.717, 1.165) is 29.4 Å².